The minimum Gasteiger partial charge on any atom is -0.359 e. The van der Waals surface area contributed by atoms with Gasteiger partial charge in [0.2, 0.25) is 5.91 Å². The first kappa shape index (κ1) is 13.5. The third-order valence-corrected chi connectivity index (χ3v) is 3.89. The first-order valence-electron chi connectivity index (χ1n) is 6.57. The van der Waals surface area contributed by atoms with Gasteiger partial charge < -0.3 is 10.6 Å². The van der Waals surface area contributed by atoms with Gasteiger partial charge in [0.15, 0.2) is 0 Å². The van der Waals surface area contributed by atoms with E-state index in [-0.39, 0.29) is 5.91 Å². The highest BCUT2D eigenvalue weighted by Gasteiger charge is 2.23. The van der Waals surface area contributed by atoms with Crippen LogP contribution in [0.25, 0.3) is 0 Å². The molecular formula is C13H26N2O. The Bertz CT molecular complexity index is 218. The smallest absolute Gasteiger partial charge is 0.219 e. The van der Waals surface area contributed by atoms with Gasteiger partial charge in [-0.25, -0.2) is 0 Å². The average molecular weight is 226 g/mol. The van der Waals surface area contributed by atoms with E-state index >= 15 is 0 Å². The van der Waals surface area contributed by atoms with Crippen LogP contribution in [0.1, 0.15) is 46.0 Å². The van der Waals surface area contributed by atoms with E-state index in [0.29, 0.717) is 12.5 Å². The molecule has 2 N–H and O–H groups in total. The molecule has 1 saturated carbocycles. The number of carbonyl (C=O) groups is 1. The second kappa shape index (κ2) is 6.89. The van der Waals surface area contributed by atoms with Crippen molar-refractivity contribution < 1.29 is 4.79 Å². The fourth-order valence-electron chi connectivity index (χ4n) is 2.41. The van der Waals surface area contributed by atoms with Crippen LogP contribution in [0.3, 0.4) is 0 Å². The molecule has 0 aromatic rings. The van der Waals surface area contributed by atoms with Gasteiger partial charge in [-0.2, -0.15) is 0 Å². The molecule has 3 nitrogen and oxygen atoms in total. The highest BCUT2D eigenvalue weighted by atomic mass is 16.1. The maximum Gasteiger partial charge on any atom is 0.219 e. The lowest BCUT2D eigenvalue weighted by Crippen LogP contribution is -2.37. The maximum absolute atomic E-state index is 11.0. The summed E-state index contributed by atoms with van der Waals surface area (Å²) in [6.07, 6.45) is 5.52. The van der Waals surface area contributed by atoms with E-state index < -0.39 is 0 Å². The predicted octanol–water partition coefficient (Wildman–Crippen LogP) is 1.93. The number of hydrogen-bond donors (Lipinski definition) is 2. The van der Waals surface area contributed by atoms with Crippen LogP contribution in [0.4, 0.5) is 0 Å². The monoisotopic (exact) mass is 226 g/mol. The van der Waals surface area contributed by atoms with Gasteiger partial charge in [-0.05, 0) is 44.1 Å². The molecule has 0 bridgehead atoms. The lowest BCUT2D eigenvalue weighted by molar-refractivity contribution is -0.120. The summed E-state index contributed by atoms with van der Waals surface area (Å²) in [5, 5.41) is 6.22. The van der Waals surface area contributed by atoms with E-state index in [0.717, 1.165) is 24.8 Å². The number of nitrogens with one attached hydrogen (secondary N) is 2. The van der Waals surface area contributed by atoms with Crippen LogP contribution in [-0.2, 0) is 4.79 Å². The Morgan fingerprint density at radius 1 is 1.25 bits per heavy atom. The maximum atomic E-state index is 11.0. The standard InChI is InChI=1S/C13H26N2O/c1-10-6-7-12(9-11(10)2)15-8-4-5-13(16)14-3/h10-12,15H,4-9H2,1-3H3,(H,14,16). The largest absolute Gasteiger partial charge is 0.359 e. The first-order valence-corrected chi connectivity index (χ1v) is 6.57. The van der Waals surface area contributed by atoms with Gasteiger partial charge in [0.1, 0.15) is 0 Å². The van der Waals surface area contributed by atoms with E-state index in [1.807, 2.05) is 0 Å². The van der Waals surface area contributed by atoms with Crippen molar-refractivity contribution in [1.82, 2.24) is 10.6 Å². The molecule has 1 rings (SSSR count). The van der Waals surface area contributed by atoms with Crippen molar-refractivity contribution in [3.63, 3.8) is 0 Å². The quantitative estimate of drug-likeness (QED) is 0.703. The van der Waals surface area contributed by atoms with Crippen LogP contribution < -0.4 is 10.6 Å². The Kier molecular flexibility index (Phi) is 5.81. The molecule has 1 amide bonds. The summed E-state index contributed by atoms with van der Waals surface area (Å²) in [7, 11) is 1.69. The van der Waals surface area contributed by atoms with Gasteiger partial charge in [0, 0.05) is 19.5 Å². The molecule has 0 spiro atoms. The van der Waals surface area contributed by atoms with Crippen molar-refractivity contribution in [3.8, 4) is 0 Å². The van der Waals surface area contributed by atoms with E-state index in [1.54, 1.807) is 7.05 Å². The summed E-state index contributed by atoms with van der Waals surface area (Å²) in [5.74, 6) is 1.86. The van der Waals surface area contributed by atoms with Gasteiger partial charge in [0.05, 0.1) is 0 Å². The SMILES string of the molecule is CNC(=O)CCCNC1CCC(C)C(C)C1. The zero-order valence-electron chi connectivity index (χ0n) is 10.9. The summed E-state index contributed by atoms with van der Waals surface area (Å²) in [5.41, 5.74) is 0. The normalized spacial score (nSPS) is 30.1. The van der Waals surface area contributed by atoms with Crippen LogP contribution in [0, 0.1) is 11.8 Å². The van der Waals surface area contributed by atoms with Crippen molar-refractivity contribution in [2.75, 3.05) is 13.6 Å². The molecule has 3 heteroatoms. The molecule has 0 aromatic heterocycles. The van der Waals surface area contributed by atoms with Crippen LogP contribution in [0.5, 0.6) is 0 Å². The lowest BCUT2D eigenvalue weighted by atomic mass is 9.79. The molecular weight excluding hydrogens is 200 g/mol. The Hall–Kier alpha value is -0.570. The molecule has 0 saturated heterocycles. The van der Waals surface area contributed by atoms with Crippen molar-refractivity contribution in [3.05, 3.63) is 0 Å². The Balaban J connectivity index is 2.07. The third kappa shape index (κ3) is 4.52. The molecule has 1 aliphatic rings. The van der Waals surface area contributed by atoms with Gasteiger partial charge in [-0.1, -0.05) is 13.8 Å². The van der Waals surface area contributed by atoms with Crippen LogP contribution in [-0.4, -0.2) is 25.5 Å². The van der Waals surface area contributed by atoms with Gasteiger partial charge >= 0.3 is 0 Å². The molecule has 0 aromatic carbocycles. The zero-order chi connectivity index (χ0) is 12.0. The van der Waals surface area contributed by atoms with Crippen molar-refractivity contribution in [1.29, 1.82) is 0 Å². The number of rotatable bonds is 5. The highest BCUT2D eigenvalue weighted by molar-refractivity contribution is 5.75. The Labute approximate surface area is 99.4 Å². The minimum absolute atomic E-state index is 0.146. The number of amides is 1. The second-order valence-electron chi connectivity index (χ2n) is 5.20. The van der Waals surface area contributed by atoms with Crippen LogP contribution in [0.15, 0.2) is 0 Å². The summed E-state index contributed by atoms with van der Waals surface area (Å²) in [6.45, 7) is 5.68. The molecule has 3 atom stereocenters. The third-order valence-electron chi connectivity index (χ3n) is 3.89. The topological polar surface area (TPSA) is 41.1 Å². The molecule has 0 aliphatic heterocycles. The molecule has 94 valence electrons. The second-order valence-corrected chi connectivity index (χ2v) is 5.20. The number of hydrogen-bond acceptors (Lipinski definition) is 2. The summed E-state index contributed by atoms with van der Waals surface area (Å²) < 4.78 is 0. The Morgan fingerprint density at radius 2 is 2.00 bits per heavy atom. The molecule has 3 unspecified atom stereocenters. The van der Waals surface area contributed by atoms with Crippen molar-refractivity contribution >= 4 is 5.91 Å². The molecule has 0 radical (unpaired) electrons. The fourth-order valence-corrected chi connectivity index (χ4v) is 2.41. The predicted molar refractivity (Wildman–Crippen MR) is 67.3 cm³/mol. The number of carbonyl (C=O) groups excluding carboxylic acids is 1. The summed E-state index contributed by atoms with van der Waals surface area (Å²) >= 11 is 0. The first-order chi connectivity index (χ1) is 7.63. The van der Waals surface area contributed by atoms with E-state index in [2.05, 4.69) is 24.5 Å². The van der Waals surface area contributed by atoms with Gasteiger partial charge in [-0.15, -0.1) is 0 Å². The van der Waals surface area contributed by atoms with Gasteiger partial charge in [0.25, 0.3) is 0 Å². The fraction of sp³-hybridized carbons (Fsp3) is 0.923. The lowest BCUT2D eigenvalue weighted by Gasteiger charge is -2.32. The van der Waals surface area contributed by atoms with Crippen LogP contribution in [0.2, 0.25) is 0 Å². The zero-order valence-corrected chi connectivity index (χ0v) is 10.9. The molecule has 0 heterocycles. The van der Waals surface area contributed by atoms with Crippen molar-refractivity contribution in [2.45, 2.75) is 52.0 Å². The van der Waals surface area contributed by atoms with Gasteiger partial charge in [-0.3, -0.25) is 4.79 Å². The summed E-state index contributed by atoms with van der Waals surface area (Å²) in [6, 6.07) is 0.677. The molecule has 1 fully saturated rings. The minimum atomic E-state index is 0.146. The molecule has 16 heavy (non-hydrogen) atoms. The van der Waals surface area contributed by atoms with E-state index in [1.165, 1.54) is 19.3 Å². The van der Waals surface area contributed by atoms with Crippen molar-refractivity contribution in [2.24, 2.45) is 11.8 Å². The summed E-state index contributed by atoms with van der Waals surface area (Å²) in [4.78, 5) is 11.0. The highest BCUT2D eigenvalue weighted by Crippen LogP contribution is 2.29. The Morgan fingerprint density at radius 3 is 2.62 bits per heavy atom. The van der Waals surface area contributed by atoms with Crippen LogP contribution >= 0.6 is 0 Å². The molecule has 1 aliphatic carbocycles. The van der Waals surface area contributed by atoms with E-state index in [9.17, 15) is 4.79 Å². The average Bonchev–Trinajstić information content (AvgIpc) is 2.28. The van der Waals surface area contributed by atoms with E-state index in [4.69, 9.17) is 0 Å².